The van der Waals surface area contributed by atoms with Gasteiger partial charge in [-0.05, 0) is 43.0 Å². The van der Waals surface area contributed by atoms with Crippen LogP contribution in [-0.4, -0.2) is 14.8 Å². The van der Waals surface area contributed by atoms with E-state index < -0.39 is 0 Å². The molecule has 2 N–H and O–H groups in total. The molecular weight excluding hydrogens is 260 g/mol. The second-order valence-electron chi connectivity index (χ2n) is 5.55. The largest absolute Gasteiger partial charge is 0.323 e. The molecule has 4 nitrogen and oxygen atoms in total. The van der Waals surface area contributed by atoms with Gasteiger partial charge in [-0.2, -0.15) is 5.10 Å². The topological polar surface area (TPSA) is 56.7 Å². The van der Waals surface area contributed by atoms with E-state index in [4.69, 9.17) is 10.7 Å². The molecule has 2 aromatic heterocycles. The number of rotatable bonds is 4. The van der Waals surface area contributed by atoms with Crippen LogP contribution in [0.5, 0.6) is 0 Å². The van der Waals surface area contributed by atoms with E-state index in [1.807, 2.05) is 42.3 Å². The number of nitrogens with zero attached hydrogens (tertiary/aromatic N) is 3. The molecule has 0 bridgehead atoms. The summed E-state index contributed by atoms with van der Waals surface area (Å²) in [6, 6.07) is 10.3. The third kappa shape index (κ3) is 2.95. The van der Waals surface area contributed by atoms with Crippen molar-refractivity contribution in [1.29, 1.82) is 0 Å². The standard InChI is InChI=1S/C17H20N4/c1-12-9-17(20-16-6-4-3-5-14(12)16)15(18)8-7-13-10-19-21(2)11-13/h3-6,9-11,15H,7-8,18H2,1-2H3. The van der Waals surface area contributed by atoms with Gasteiger partial charge in [-0.3, -0.25) is 9.67 Å². The number of aromatic nitrogens is 3. The maximum Gasteiger partial charge on any atom is 0.0708 e. The van der Waals surface area contributed by atoms with Crippen molar-refractivity contribution >= 4 is 10.9 Å². The van der Waals surface area contributed by atoms with Crippen molar-refractivity contribution in [2.45, 2.75) is 25.8 Å². The first-order chi connectivity index (χ1) is 10.1. The smallest absolute Gasteiger partial charge is 0.0708 e. The predicted octanol–water partition coefficient (Wildman–Crippen LogP) is 2.91. The molecule has 1 atom stereocenters. The van der Waals surface area contributed by atoms with Crippen LogP contribution in [0.3, 0.4) is 0 Å². The molecule has 1 aromatic carbocycles. The lowest BCUT2D eigenvalue weighted by molar-refractivity contribution is 0.635. The van der Waals surface area contributed by atoms with Crippen molar-refractivity contribution in [2.24, 2.45) is 12.8 Å². The van der Waals surface area contributed by atoms with Crippen molar-refractivity contribution in [3.05, 3.63) is 59.5 Å². The van der Waals surface area contributed by atoms with Crippen LogP contribution >= 0.6 is 0 Å². The zero-order chi connectivity index (χ0) is 14.8. The Kier molecular flexibility index (Phi) is 3.71. The zero-order valence-corrected chi connectivity index (χ0v) is 12.5. The lowest BCUT2D eigenvalue weighted by Gasteiger charge is -2.13. The second-order valence-corrected chi connectivity index (χ2v) is 5.55. The van der Waals surface area contributed by atoms with Crippen molar-refractivity contribution in [3.8, 4) is 0 Å². The lowest BCUT2D eigenvalue weighted by Crippen LogP contribution is -2.13. The summed E-state index contributed by atoms with van der Waals surface area (Å²) < 4.78 is 1.82. The Labute approximate surface area is 124 Å². The van der Waals surface area contributed by atoms with Crippen LogP contribution in [0.4, 0.5) is 0 Å². The Balaban J connectivity index is 1.79. The summed E-state index contributed by atoms with van der Waals surface area (Å²) in [5.74, 6) is 0. The molecule has 3 aromatic rings. The van der Waals surface area contributed by atoms with Crippen LogP contribution in [0.2, 0.25) is 0 Å². The van der Waals surface area contributed by atoms with Crippen molar-refractivity contribution in [2.75, 3.05) is 0 Å². The highest BCUT2D eigenvalue weighted by molar-refractivity contribution is 5.82. The van der Waals surface area contributed by atoms with E-state index in [9.17, 15) is 0 Å². The first-order valence-electron chi connectivity index (χ1n) is 7.23. The number of benzene rings is 1. The first kappa shape index (κ1) is 13.8. The molecule has 0 radical (unpaired) electrons. The molecule has 0 aliphatic rings. The first-order valence-corrected chi connectivity index (χ1v) is 7.23. The van der Waals surface area contributed by atoms with Crippen LogP contribution < -0.4 is 5.73 Å². The average Bonchev–Trinajstić information content (AvgIpc) is 2.90. The summed E-state index contributed by atoms with van der Waals surface area (Å²) in [6.45, 7) is 2.11. The minimum atomic E-state index is -0.0477. The third-order valence-corrected chi connectivity index (χ3v) is 3.83. The normalized spacial score (nSPS) is 12.7. The summed E-state index contributed by atoms with van der Waals surface area (Å²) in [5, 5.41) is 5.38. The van der Waals surface area contributed by atoms with Gasteiger partial charge in [-0.25, -0.2) is 0 Å². The average molecular weight is 280 g/mol. The van der Waals surface area contributed by atoms with Crippen LogP contribution in [0.1, 0.15) is 29.3 Å². The molecule has 0 aliphatic heterocycles. The molecule has 0 aliphatic carbocycles. The van der Waals surface area contributed by atoms with Crippen LogP contribution in [0.25, 0.3) is 10.9 Å². The van der Waals surface area contributed by atoms with Crippen LogP contribution in [0, 0.1) is 6.92 Å². The maximum atomic E-state index is 6.32. The highest BCUT2D eigenvalue weighted by atomic mass is 15.2. The van der Waals surface area contributed by atoms with Gasteiger partial charge in [0, 0.05) is 24.7 Å². The van der Waals surface area contributed by atoms with Crippen molar-refractivity contribution in [1.82, 2.24) is 14.8 Å². The number of para-hydroxylation sites is 1. The quantitative estimate of drug-likeness (QED) is 0.799. The summed E-state index contributed by atoms with van der Waals surface area (Å²) in [5.41, 5.74) is 10.7. The SMILES string of the molecule is Cc1cc(C(N)CCc2cnn(C)c2)nc2ccccc12. The van der Waals surface area contributed by atoms with Crippen molar-refractivity contribution < 1.29 is 0 Å². The Morgan fingerprint density at radius 3 is 2.86 bits per heavy atom. The number of aryl methyl sites for hydroxylation is 3. The molecule has 1 unspecified atom stereocenters. The molecule has 2 heterocycles. The fourth-order valence-corrected chi connectivity index (χ4v) is 2.64. The fraction of sp³-hybridized carbons (Fsp3) is 0.294. The molecule has 108 valence electrons. The van der Waals surface area contributed by atoms with Crippen LogP contribution in [-0.2, 0) is 13.5 Å². The molecule has 0 spiro atoms. The summed E-state index contributed by atoms with van der Waals surface area (Å²) in [4.78, 5) is 4.71. The molecule has 0 saturated carbocycles. The van der Waals surface area contributed by atoms with Gasteiger partial charge in [-0.1, -0.05) is 18.2 Å². The third-order valence-electron chi connectivity index (χ3n) is 3.83. The zero-order valence-electron chi connectivity index (χ0n) is 12.5. The fourth-order valence-electron chi connectivity index (χ4n) is 2.64. The molecule has 4 heteroatoms. The monoisotopic (exact) mass is 280 g/mol. The van der Waals surface area contributed by atoms with E-state index in [-0.39, 0.29) is 6.04 Å². The molecule has 0 fully saturated rings. The van der Waals surface area contributed by atoms with E-state index in [2.05, 4.69) is 24.2 Å². The highest BCUT2D eigenvalue weighted by Gasteiger charge is 2.11. The van der Waals surface area contributed by atoms with Gasteiger partial charge in [-0.15, -0.1) is 0 Å². The van der Waals surface area contributed by atoms with Gasteiger partial charge in [0.25, 0.3) is 0 Å². The number of hydrogen-bond donors (Lipinski definition) is 1. The van der Waals surface area contributed by atoms with Gasteiger partial charge < -0.3 is 5.73 Å². The summed E-state index contributed by atoms with van der Waals surface area (Å²) in [7, 11) is 1.93. The van der Waals surface area contributed by atoms with E-state index >= 15 is 0 Å². The number of pyridine rings is 1. The predicted molar refractivity (Wildman–Crippen MR) is 84.9 cm³/mol. The summed E-state index contributed by atoms with van der Waals surface area (Å²) >= 11 is 0. The van der Waals surface area contributed by atoms with Gasteiger partial charge in [0.15, 0.2) is 0 Å². The highest BCUT2D eigenvalue weighted by Crippen LogP contribution is 2.22. The lowest BCUT2D eigenvalue weighted by atomic mass is 10.0. The number of hydrogen-bond acceptors (Lipinski definition) is 3. The Hall–Kier alpha value is -2.20. The molecule has 21 heavy (non-hydrogen) atoms. The minimum absolute atomic E-state index is 0.0477. The maximum absolute atomic E-state index is 6.32. The molecule has 0 saturated heterocycles. The summed E-state index contributed by atoms with van der Waals surface area (Å²) in [6.07, 6.45) is 5.72. The van der Waals surface area contributed by atoms with Gasteiger partial charge >= 0.3 is 0 Å². The molecule has 3 rings (SSSR count). The molecule has 0 amide bonds. The Morgan fingerprint density at radius 1 is 1.29 bits per heavy atom. The molecular formula is C17H20N4. The number of nitrogens with two attached hydrogens (primary N) is 1. The van der Waals surface area contributed by atoms with Gasteiger partial charge in [0.1, 0.15) is 0 Å². The Bertz CT molecular complexity index is 760. The van der Waals surface area contributed by atoms with E-state index in [0.717, 1.165) is 24.1 Å². The van der Waals surface area contributed by atoms with Gasteiger partial charge in [0.05, 0.1) is 17.4 Å². The minimum Gasteiger partial charge on any atom is -0.323 e. The van der Waals surface area contributed by atoms with E-state index in [1.165, 1.54) is 16.5 Å². The van der Waals surface area contributed by atoms with Crippen molar-refractivity contribution in [3.63, 3.8) is 0 Å². The second kappa shape index (κ2) is 5.66. The van der Waals surface area contributed by atoms with Gasteiger partial charge in [0.2, 0.25) is 0 Å². The van der Waals surface area contributed by atoms with E-state index in [0.29, 0.717) is 0 Å². The Morgan fingerprint density at radius 2 is 2.10 bits per heavy atom. The number of fused-ring (bicyclic) bond motifs is 1. The van der Waals surface area contributed by atoms with E-state index in [1.54, 1.807) is 0 Å². The van der Waals surface area contributed by atoms with Crippen LogP contribution in [0.15, 0.2) is 42.7 Å².